The maximum atomic E-state index is 11.7. The molecule has 0 aliphatic carbocycles. The Kier molecular flexibility index (Phi) is 6.45. The molecule has 0 spiro atoms. The van der Waals surface area contributed by atoms with Gasteiger partial charge in [-0.25, -0.2) is 20.3 Å². The number of rotatable bonds is 6. The van der Waals surface area contributed by atoms with Gasteiger partial charge in [0, 0.05) is 17.8 Å². The zero-order valence-corrected chi connectivity index (χ0v) is 14.8. The summed E-state index contributed by atoms with van der Waals surface area (Å²) < 4.78 is 11.6. The monoisotopic (exact) mass is 359 g/mol. The van der Waals surface area contributed by atoms with Crippen LogP contribution in [0.25, 0.3) is 17.6 Å². The first-order valence-electron chi connectivity index (χ1n) is 7.94. The molecular weight excluding hydrogens is 338 g/mol. The number of ether oxygens (including phenoxy) is 2. The number of hydrazine groups is 1. The number of nitrogens with two attached hydrogens (primary N) is 1. The number of nitrogens with one attached hydrogen (secondary N) is 1. The lowest BCUT2D eigenvalue weighted by atomic mass is 10.1. The molecule has 9 heteroatoms. The molecule has 1 aromatic carbocycles. The van der Waals surface area contributed by atoms with Gasteiger partial charge in [0.25, 0.3) is 5.91 Å². The number of nitrogens with zero attached hydrogens (tertiary/aromatic N) is 3. The molecule has 0 aliphatic heterocycles. The fourth-order valence-electron chi connectivity index (χ4n) is 1.97. The summed E-state index contributed by atoms with van der Waals surface area (Å²) in [6, 6.07) is 5.20. The molecule has 0 unspecified atom stereocenters. The zero-order chi connectivity index (χ0) is 19.1. The first-order chi connectivity index (χ1) is 12.4. The average Bonchev–Trinajstić information content (AvgIpc) is 3.06. The van der Waals surface area contributed by atoms with Crippen LogP contribution in [0.2, 0.25) is 0 Å². The lowest BCUT2D eigenvalue weighted by Gasteiger charge is -2.09. The van der Waals surface area contributed by atoms with Crippen molar-refractivity contribution in [2.24, 2.45) is 11.8 Å². The van der Waals surface area contributed by atoms with E-state index >= 15 is 0 Å². The summed E-state index contributed by atoms with van der Waals surface area (Å²) in [5.74, 6) is 5.50. The summed E-state index contributed by atoms with van der Waals surface area (Å²) in [5, 5.41) is 4.23. The van der Waals surface area contributed by atoms with Crippen LogP contribution < -0.4 is 16.0 Å². The van der Waals surface area contributed by atoms with Gasteiger partial charge in [-0.1, -0.05) is 13.8 Å². The predicted molar refractivity (Wildman–Crippen MR) is 94.7 cm³/mol. The van der Waals surface area contributed by atoms with Crippen LogP contribution in [0.5, 0.6) is 5.75 Å². The van der Waals surface area contributed by atoms with E-state index in [9.17, 15) is 9.59 Å². The van der Waals surface area contributed by atoms with Crippen molar-refractivity contribution < 1.29 is 19.1 Å². The van der Waals surface area contributed by atoms with Gasteiger partial charge >= 0.3 is 6.16 Å². The van der Waals surface area contributed by atoms with E-state index in [4.69, 9.17) is 15.3 Å². The summed E-state index contributed by atoms with van der Waals surface area (Å²) in [6.45, 7) is 6.02. The van der Waals surface area contributed by atoms with E-state index in [2.05, 4.69) is 10.1 Å². The Bertz CT molecular complexity index is 813. The van der Waals surface area contributed by atoms with Gasteiger partial charge in [-0.05, 0) is 36.6 Å². The zero-order valence-electron chi connectivity index (χ0n) is 14.8. The minimum atomic E-state index is -0.760. The highest BCUT2D eigenvalue weighted by Crippen LogP contribution is 2.24. The standard InChI is InChI=1S/C17H21N5O4/c1-11(2)9-25-17(24)26-14-7-12(3)6-13(8-14)16-19-10-22(21-16)5-4-15(23)20-18/h4-8,10-11H,9,18H2,1-3H3,(H,20,23)/b5-4-. The third-order valence-corrected chi connectivity index (χ3v) is 3.07. The van der Waals surface area contributed by atoms with Gasteiger partial charge in [-0.15, -0.1) is 5.10 Å². The summed E-state index contributed by atoms with van der Waals surface area (Å²) in [5.41, 5.74) is 3.50. The van der Waals surface area contributed by atoms with Crippen LogP contribution in [0.3, 0.4) is 0 Å². The third-order valence-electron chi connectivity index (χ3n) is 3.07. The number of hydrogen-bond acceptors (Lipinski definition) is 7. The van der Waals surface area contributed by atoms with Gasteiger partial charge in [-0.2, -0.15) is 0 Å². The molecule has 2 rings (SSSR count). The molecule has 138 valence electrons. The van der Waals surface area contributed by atoms with Crippen LogP contribution in [0.15, 0.2) is 30.6 Å². The lowest BCUT2D eigenvalue weighted by molar-refractivity contribution is -0.116. The SMILES string of the molecule is Cc1cc(OC(=O)OCC(C)C)cc(-c2ncn(/C=C\C(=O)NN)n2)c1. The van der Waals surface area contributed by atoms with E-state index in [0.717, 1.165) is 5.56 Å². The Morgan fingerprint density at radius 2 is 2.12 bits per heavy atom. The van der Waals surface area contributed by atoms with Crippen LogP contribution in [0.1, 0.15) is 19.4 Å². The molecule has 9 nitrogen and oxygen atoms in total. The second-order valence-electron chi connectivity index (χ2n) is 5.96. The minimum absolute atomic E-state index is 0.221. The normalized spacial score (nSPS) is 11.0. The van der Waals surface area contributed by atoms with Crippen molar-refractivity contribution in [2.45, 2.75) is 20.8 Å². The Morgan fingerprint density at radius 1 is 1.35 bits per heavy atom. The molecule has 0 bridgehead atoms. The molecule has 0 aliphatic rings. The summed E-state index contributed by atoms with van der Waals surface area (Å²) >= 11 is 0. The molecule has 0 radical (unpaired) electrons. The van der Waals surface area contributed by atoms with E-state index in [1.807, 2.05) is 32.3 Å². The topological polar surface area (TPSA) is 121 Å². The minimum Gasteiger partial charge on any atom is -0.434 e. The first-order valence-corrected chi connectivity index (χ1v) is 7.94. The van der Waals surface area contributed by atoms with Crippen LogP contribution >= 0.6 is 0 Å². The van der Waals surface area contributed by atoms with E-state index in [-0.39, 0.29) is 12.5 Å². The Labute approximate surface area is 150 Å². The number of carbonyl (C=O) groups is 2. The van der Waals surface area contributed by atoms with Crippen molar-refractivity contribution in [3.05, 3.63) is 36.2 Å². The molecule has 26 heavy (non-hydrogen) atoms. The summed E-state index contributed by atoms with van der Waals surface area (Å²) in [7, 11) is 0. The van der Waals surface area contributed by atoms with E-state index in [0.29, 0.717) is 17.1 Å². The highest BCUT2D eigenvalue weighted by atomic mass is 16.7. The number of carbonyl (C=O) groups excluding carboxylic acids is 2. The van der Waals surface area contributed by atoms with Gasteiger partial charge in [0.2, 0.25) is 0 Å². The van der Waals surface area contributed by atoms with Gasteiger partial charge in [0.15, 0.2) is 5.82 Å². The average molecular weight is 359 g/mol. The molecule has 2 aromatic rings. The van der Waals surface area contributed by atoms with Crippen molar-refractivity contribution in [1.82, 2.24) is 20.2 Å². The maximum absolute atomic E-state index is 11.7. The molecule has 1 heterocycles. The first kappa shape index (κ1) is 19.1. The van der Waals surface area contributed by atoms with Crippen molar-refractivity contribution >= 4 is 18.3 Å². The highest BCUT2D eigenvalue weighted by Gasteiger charge is 2.11. The molecule has 0 fully saturated rings. The lowest BCUT2D eigenvalue weighted by Crippen LogP contribution is -2.28. The van der Waals surface area contributed by atoms with Crippen molar-refractivity contribution in [3.63, 3.8) is 0 Å². The van der Waals surface area contributed by atoms with Gasteiger partial charge in [0.1, 0.15) is 12.1 Å². The van der Waals surface area contributed by atoms with Crippen LogP contribution in [0.4, 0.5) is 4.79 Å². The number of hydrogen-bond donors (Lipinski definition) is 2. The predicted octanol–water partition coefficient (Wildman–Crippen LogP) is 1.89. The van der Waals surface area contributed by atoms with Gasteiger partial charge in [-0.3, -0.25) is 10.2 Å². The number of benzene rings is 1. The van der Waals surface area contributed by atoms with Gasteiger partial charge < -0.3 is 9.47 Å². The van der Waals surface area contributed by atoms with Crippen molar-refractivity contribution in [2.75, 3.05) is 6.61 Å². The third kappa shape index (κ3) is 5.71. The smallest absolute Gasteiger partial charge is 0.434 e. The molecule has 0 saturated carbocycles. The Balaban J connectivity index is 2.14. The van der Waals surface area contributed by atoms with Crippen molar-refractivity contribution in [1.29, 1.82) is 0 Å². The largest absolute Gasteiger partial charge is 0.513 e. The molecular formula is C17H21N5O4. The quantitative estimate of drug-likeness (QED) is 0.202. The second-order valence-corrected chi connectivity index (χ2v) is 5.96. The molecule has 0 saturated heterocycles. The maximum Gasteiger partial charge on any atom is 0.513 e. The Morgan fingerprint density at radius 3 is 2.81 bits per heavy atom. The number of amides is 1. The summed E-state index contributed by atoms with van der Waals surface area (Å²) in [6.07, 6.45) is 3.31. The summed E-state index contributed by atoms with van der Waals surface area (Å²) in [4.78, 5) is 27.0. The number of aryl methyl sites for hydroxylation is 1. The van der Waals surface area contributed by atoms with Crippen LogP contribution in [-0.4, -0.2) is 33.4 Å². The highest BCUT2D eigenvalue weighted by molar-refractivity contribution is 5.89. The fraction of sp³-hybridized carbons (Fsp3) is 0.294. The van der Waals surface area contributed by atoms with E-state index < -0.39 is 12.1 Å². The van der Waals surface area contributed by atoms with Crippen LogP contribution in [0, 0.1) is 12.8 Å². The van der Waals surface area contributed by atoms with Gasteiger partial charge in [0.05, 0.1) is 6.61 Å². The molecule has 1 aromatic heterocycles. The number of aromatic nitrogens is 3. The van der Waals surface area contributed by atoms with E-state index in [1.54, 1.807) is 12.1 Å². The second kappa shape index (κ2) is 8.77. The van der Waals surface area contributed by atoms with Crippen LogP contribution in [-0.2, 0) is 9.53 Å². The molecule has 0 atom stereocenters. The molecule has 1 amide bonds. The Hall–Kier alpha value is -3.20. The molecule has 3 N–H and O–H groups in total. The van der Waals surface area contributed by atoms with E-state index in [1.165, 1.54) is 23.3 Å². The van der Waals surface area contributed by atoms with Crippen molar-refractivity contribution in [3.8, 4) is 17.1 Å². The fourth-order valence-corrected chi connectivity index (χ4v) is 1.97.